The Morgan fingerprint density at radius 1 is 0.457 bits per heavy atom. The van der Waals surface area contributed by atoms with Crippen LogP contribution in [-0.2, 0) is 44.9 Å². The molecule has 0 amide bonds. The van der Waals surface area contributed by atoms with E-state index >= 15 is 0 Å². The Kier molecular flexibility index (Phi) is 19.2. The molecular formula is C75H103NO4Zr. The Morgan fingerprint density at radius 2 is 0.778 bits per heavy atom. The van der Waals surface area contributed by atoms with Gasteiger partial charge >= 0.3 is 32.5 Å². The normalized spacial score (nSPS) is 25.2. The Balaban J connectivity index is 0.00000240. The van der Waals surface area contributed by atoms with Gasteiger partial charge in [-0.3, -0.25) is 0 Å². The molecule has 81 heavy (non-hydrogen) atoms. The molecule has 436 valence electrons. The molecule has 8 saturated carbocycles. The zero-order valence-electron chi connectivity index (χ0n) is 52.0. The van der Waals surface area contributed by atoms with Gasteiger partial charge in [0.25, 0.3) is 0 Å². The van der Waals surface area contributed by atoms with E-state index in [4.69, 9.17) is 14.5 Å². The number of unbranched alkanes of at least 4 members (excludes halogenated alkanes) is 10. The van der Waals surface area contributed by atoms with Crippen LogP contribution in [0.5, 0.6) is 23.0 Å². The minimum absolute atomic E-state index is 0.0351. The molecule has 4 aromatic carbocycles. The molecule has 8 aliphatic rings. The van der Waals surface area contributed by atoms with Crippen molar-refractivity contribution in [1.82, 2.24) is 4.98 Å². The van der Waals surface area contributed by atoms with Gasteiger partial charge in [0, 0.05) is 33.4 Å². The van der Waals surface area contributed by atoms with Gasteiger partial charge < -0.3 is 19.7 Å². The van der Waals surface area contributed by atoms with Crippen LogP contribution in [0.2, 0.25) is 9.26 Å². The van der Waals surface area contributed by atoms with Crippen molar-refractivity contribution in [3.8, 4) is 67.8 Å². The first-order valence-corrected chi connectivity index (χ1v) is 37.7. The van der Waals surface area contributed by atoms with E-state index in [0.717, 1.165) is 154 Å². The van der Waals surface area contributed by atoms with Crippen molar-refractivity contribution in [2.45, 2.75) is 240 Å². The van der Waals surface area contributed by atoms with Crippen LogP contribution in [0.1, 0.15) is 232 Å². The second kappa shape index (κ2) is 25.8. The first kappa shape index (κ1) is 60.2. The third-order valence-corrected chi connectivity index (χ3v) is 20.5. The predicted octanol–water partition coefficient (Wildman–Crippen LogP) is 21.3. The molecule has 8 bridgehead atoms. The van der Waals surface area contributed by atoms with E-state index in [1.807, 2.05) is 0 Å². The Morgan fingerprint density at radius 3 is 1.11 bits per heavy atom. The standard InChI is InChI=1S/C73H97NO4.2CH3.Zr/c1-9-11-13-15-17-19-30-77-56-26-21-24-54(38-56)64-66(58(70(3,4)5)40-60(68(64)75)72-42-48-32-49(43-72)34-50(33-48)44-72)62-28-23-29-63(74-62)67-59(71(6,7)8)41-61(73-45-51-35-52(46-73)37-53(36-51)47-73)69(76)65(67)55-25-22-27-57(39-55)78-31-20-18-16-14-12-10-2;;;/h21-29,38-41,48-53,75-76H,9-20,30-37,42-47H2,1-8H3;2*1H3;. The summed E-state index contributed by atoms with van der Waals surface area (Å²) in [6, 6.07) is 28.6. The van der Waals surface area contributed by atoms with Gasteiger partial charge in [0.2, 0.25) is 0 Å². The summed E-state index contributed by atoms with van der Waals surface area (Å²) in [6.07, 6.45) is 29.6. The number of rotatable bonds is 22. The monoisotopic (exact) mass is 1170 g/mol. The van der Waals surface area contributed by atoms with E-state index in [-0.39, 0.29) is 44.9 Å². The Hall–Kier alpha value is -3.89. The van der Waals surface area contributed by atoms with Gasteiger partial charge in [-0.2, -0.15) is 0 Å². The van der Waals surface area contributed by atoms with Crippen LogP contribution in [0.25, 0.3) is 44.8 Å². The summed E-state index contributed by atoms with van der Waals surface area (Å²) in [6.45, 7) is 20.0. The van der Waals surface area contributed by atoms with Gasteiger partial charge in [-0.25, -0.2) is 4.98 Å². The molecule has 8 fully saturated rings. The fraction of sp³-hybridized carbons (Fsp3) is 0.613. The summed E-state index contributed by atoms with van der Waals surface area (Å²) < 4.78 is 17.8. The summed E-state index contributed by atoms with van der Waals surface area (Å²) in [5.41, 5.74) is 11.4. The quantitative estimate of drug-likeness (QED) is 0.0676. The number of aromatic nitrogens is 1. The zero-order chi connectivity index (χ0) is 57.1. The summed E-state index contributed by atoms with van der Waals surface area (Å²) in [5.74, 6) is 6.94. The average molecular weight is 1170 g/mol. The van der Waals surface area contributed by atoms with Crippen molar-refractivity contribution in [3.63, 3.8) is 0 Å². The van der Waals surface area contributed by atoms with E-state index in [0.29, 0.717) is 24.7 Å². The van der Waals surface area contributed by atoms with Gasteiger partial charge in [0.1, 0.15) is 23.0 Å². The third-order valence-electron chi connectivity index (χ3n) is 20.5. The van der Waals surface area contributed by atoms with Crippen LogP contribution in [0.4, 0.5) is 0 Å². The summed E-state index contributed by atoms with van der Waals surface area (Å²) in [7, 11) is 0. The third kappa shape index (κ3) is 13.2. The number of aromatic hydroxyl groups is 2. The first-order chi connectivity index (χ1) is 39.0. The van der Waals surface area contributed by atoms with E-state index in [1.54, 1.807) is 0 Å². The van der Waals surface area contributed by atoms with Crippen LogP contribution < -0.4 is 9.47 Å². The van der Waals surface area contributed by atoms with E-state index in [1.165, 1.54) is 114 Å². The summed E-state index contributed by atoms with van der Waals surface area (Å²) in [5, 5.41) is 27.0. The summed E-state index contributed by atoms with van der Waals surface area (Å²) in [4.78, 5) is 5.90. The molecule has 5 aromatic rings. The van der Waals surface area contributed by atoms with E-state index < -0.39 is 0 Å². The predicted molar refractivity (Wildman–Crippen MR) is 336 cm³/mol. The molecule has 0 aliphatic heterocycles. The molecule has 8 aliphatic carbocycles. The Labute approximate surface area is 502 Å². The van der Waals surface area contributed by atoms with Gasteiger partial charge in [-0.15, -0.1) is 0 Å². The molecule has 13 rings (SSSR count). The van der Waals surface area contributed by atoms with E-state index in [2.05, 4.69) is 144 Å². The molecule has 1 heterocycles. The number of ether oxygens (including phenoxy) is 2. The maximum absolute atomic E-state index is 13.5. The number of pyridine rings is 1. The second-order valence-corrected chi connectivity index (χ2v) is 31.7. The number of phenolic OH excluding ortho intramolecular Hbond substituents is 2. The number of nitrogens with zero attached hydrogens (tertiary/aromatic N) is 1. The van der Waals surface area contributed by atoms with Crippen molar-refractivity contribution < 1.29 is 42.9 Å². The van der Waals surface area contributed by atoms with Crippen LogP contribution in [0.3, 0.4) is 0 Å². The topological polar surface area (TPSA) is 71.8 Å². The molecule has 0 spiro atoms. The molecular weight excluding hydrogens is 1070 g/mol. The van der Waals surface area contributed by atoms with Crippen LogP contribution in [0, 0.1) is 35.5 Å². The molecule has 0 atom stereocenters. The fourth-order valence-electron chi connectivity index (χ4n) is 17.7. The van der Waals surface area contributed by atoms with Gasteiger partial charge in [0.05, 0.1) is 24.6 Å². The van der Waals surface area contributed by atoms with Crippen molar-refractivity contribution in [2.75, 3.05) is 13.2 Å². The summed E-state index contributed by atoms with van der Waals surface area (Å²) >= 11 is 0.230. The zero-order valence-corrected chi connectivity index (χ0v) is 54.5. The molecule has 1 aromatic heterocycles. The minimum atomic E-state index is -0.284. The van der Waals surface area contributed by atoms with E-state index in [9.17, 15) is 10.2 Å². The van der Waals surface area contributed by atoms with Crippen molar-refractivity contribution in [1.29, 1.82) is 0 Å². The molecule has 2 N–H and O–H groups in total. The van der Waals surface area contributed by atoms with Crippen molar-refractivity contribution in [2.24, 2.45) is 35.5 Å². The molecule has 0 radical (unpaired) electrons. The maximum atomic E-state index is 13.5. The Bertz CT molecular complexity index is 2670. The molecule has 5 nitrogen and oxygen atoms in total. The van der Waals surface area contributed by atoms with Crippen LogP contribution in [0.15, 0.2) is 78.9 Å². The van der Waals surface area contributed by atoms with Crippen molar-refractivity contribution >= 4 is 0 Å². The number of hydrogen-bond donors (Lipinski definition) is 2. The molecule has 0 saturated heterocycles. The molecule has 6 heteroatoms. The first-order valence-electron chi connectivity index (χ1n) is 32.8. The second-order valence-electron chi connectivity index (χ2n) is 29.2. The molecule has 0 unspecified atom stereocenters. The number of hydrogen-bond acceptors (Lipinski definition) is 5. The van der Waals surface area contributed by atoms with Gasteiger partial charge in [-0.1, -0.05) is 162 Å². The van der Waals surface area contributed by atoms with Gasteiger partial charge in [0.15, 0.2) is 0 Å². The van der Waals surface area contributed by atoms with Crippen LogP contribution >= 0.6 is 0 Å². The number of phenols is 2. The fourth-order valence-corrected chi connectivity index (χ4v) is 17.7. The number of benzene rings is 4. The van der Waals surface area contributed by atoms with Gasteiger partial charge in [-0.05, 0) is 206 Å². The average Bonchev–Trinajstić information content (AvgIpc) is 3.60. The van der Waals surface area contributed by atoms with Crippen LogP contribution in [-0.4, -0.2) is 28.4 Å². The SMILES string of the molecule is CCCCCCCCOc1cccc(-c2c(O)c(C34CC5CC(CC(C5)C3)C4)cc(C(C)(C)C)c2-c2cccc(-c3c(C(C)(C)C)cc(C45CC6CC(CC(C6)C4)C5)c(O)c3-c3cccc(OCCCCCCCC)c3)n2)c1.[CH3][Zr][CH3]. The van der Waals surface area contributed by atoms with Crippen molar-refractivity contribution in [3.05, 3.63) is 101 Å².